The molecule has 1 aromatic rings. The summed E-state index contributed by atoms with van der Waals surface area (Å²) >= 11 is 3.61. The van der Waals surface area contributed by atoms with Gasteiger partial charge in [0.15, 0.2) is 0 Å². The van der Waals surface area contributed by atoms with E-state index in [0.717, 1.165) is 50.5 Å². The maximum Gasteiger partial charge on any atom is 0.0702 e. The molecule has 1 unspecified atom stereocenters. The Balaban J connectivity index is 1.69. The Morgan fingerprint density at radius 2 is 2.09 bits per heavy atom. The zero-order valence-electron chi connectivity index (χ0n) is 13.3. The molecule has 122 valence electrons. The molecule has 5 heteroatoms. The van der Waals surface area contributed by atoms with Crippen molar-refractivity contribution in [3.05, 3.63) is 28.2 Å². The van der Waals surface area contributed by atoms with Crippen molar-refractivity contribution >= 4 is 21.6 Å². The van der Waals surface area contributed by atoms with Gasteiger partial charge in [0, 0.05) is 42.9 Å². The lowest BCUT2D eigenvalue weighted by atomic mass is 10.1. The second-order valence-corrected chi connectivity index (χ2v) is 7.12. The Kier molecular flexibility index (Phi) is 5.74. The number of benzene rings is 1. The van der Waals surface area contributed by atoms with Crippen LogP contribution in [-0.4, -0.2) is 57.5 Å². The first-order valence-electron chi connectivity index (χ1n) is 8.13. The molecule has 2 aliphatic rings. The minimum absolute atomic E-state index is 0.406. The van der Waals surface area contributed by atoms with E-state index in [1.165, 1.54) is 24.1 Å². The van der Waals surface area contributed by atoms with Crippen LogP contribution in [-0.2, 0) is 16.0 Å². The van der Waals surface area contributed by atoms with Crippen molar-refractivity contribution < 1.29 is 9.47 Å². The molecule has 2 aliphatic heterocycles. The summed E-state index contributed by atoms with van der Waals surface area (Å²) < 4.78 is 12.4. The van der Waals surface area contributed by atoms with Crippen molar-refractivity contribution in [2.45, 2.75) is 25.5 Å². The number of rotatable bonds is 5. The molecule has 0 radical (unpaired) electrons. The fraction of sp³-hybridized carbons (Fsp3) is 0.647. The highest BCUT2D eigenvalue weighted by atomic mass is 79.9. The van der Waals surface area contributed by atoms with Gasteiger partial charge in [-0.1, -0.05) is 15.9 Å². The molecular weight excluding hydrogens is 344 g/mol. The summed E-state index contributed by atoms with van der Waals surface area (Å²) in [6, 6.07) is 6.61. The molecular formula is C17H25BrN2O2. The molecule has 0 aliphatic carbocycles. The minimum Gasteiger partial charge on any atom is -0.378 e. The molecule has 2 heterocycles. The van der Waals surface area contributed by atoms with E-state index in [2.05, 4.69) is 51.0 Å². The van der Waals surface area contributed by atoms with Crippen LogP contribution in [0.15, 0.2) is 22.7 Å². The van der Waals surface area contributed by atoms with Gasteiger partial charge in [0.2, 0.25) is 0 Å². The van der Waals surface area contributed by atoms with Crippen molar-refractivity contribution in [3.8, 4) is 0 Å². The molecule has 1 aromatic carbocycles. The third kappa shape index (κ3) is 4.22. The van der Waals surface area contributed by atoms with Gasteiger partial charge in [-0.05, 0) is 43.7 Å². The summed E-state index contributed by atoms with van der Waals surface area (Å²) in [5.74, 6) is 0. The number of halogens is 1. The molecule has 1 atom stereocenters. The molecule has 2 saturated heterocycles. The van der Waals surface area contributed by atoms with Crippen molar-refractivity contribution in [2.75, 3.05) is 51.4 Å². The second-order valence-electron chi connectivity index (χ2n) is 6.20. The van der Waals surface area contributed by atoms with Crippen LogP contribution in [0.4, 0.5) is 5.69 Å². The lowest BCUT2D eigenvalue weighted by Gasteiger charge is -2.32. The topological polar surface area (TPSA) is 24.9 Å². The molecule has 0 aromatic heterocycles. The molecule has 0 bridgehead atoms. The van der Waals surface area contributed by atoms with Crippen LogP contribution >= 0.6 is 15.9 Å². The van der Waals surface area contributed by atoms with Crippen molar-refractivity contribution in [1.29, 1.82) is 0 Å². The minimum atomic E-state index is 0.406. The Morgan fingerprint density at radius 3 is 2.82 bits per heavy atom. The highest BCUT2D eigenvalue weighted by Crippen LogP contribution is 2.27. The second kappa shape index (κ2) is 7.77. The molecule has 2 fully saturated rings. The number of hydrogen-bond acceptors (Lipinski definition) is 4. The largest absolute Gasteiger partial charge is 0.378 e. The average molecular weight is 369 g/mol. The van der Waals surface area contributed by atoms with Crippen LogP contribution in [0.2, 0.25) is 0 Å². The summed E-state index contributed by atoms with van der Waals surface area (Å²) in [6.07, 6.45) is 2.80. The lowest BCUT2D eigenvalue weighted by molar-refractivity contribution is 0.0793. The number of morpholine rings is 1. The predicted molar refractivity (Wildman–Crippen MR) is 92.5 cm³/mol. The summed E-state index contributed by atoms with van der Waals surface area (Å²) in [5, 5.41) is 0. The van der Waals surface area contributed by atoms with Crippen LogP contribution in [0.3, 0.4) is 0 Å². The molecule has 0 N–H and O–H groups in total. The van der Waals surface area contributed by atoms with E-state index in [1.807, 2.05) is 0 Å². The van der Waals surface area contributed by atoms with Crippen LogP contribution in [0, 0.1) is 0 Å². The van der Waals surface area contributed by atoms with Gasteiger partial charge in [0.25, 0.3) is 0 Å². The zero-order chi connectivity index (χ0) is 15.4. The Morgan fingerprint density at radius 1 is 1.27 bits per heavy atom. The fourth-order valence-corrected chi connectivity index (χ4v) is 3.69. The first-order valence-corrected chi connectivity index (χ1v) is 8.93. The number of ether oxygens (including phenoxy) is 2. The number of nitrogens with zero attached hydrogens (tertiary/aromatic N) is 2. The molecule has 3 rings (SSSR count). The highest BCUT2D eigenvalue weighted by molar-refractivity contribution is 9.10. The van der Waals surface area contributed by atoms with Gasteiger partial charge in [-0.2, -0.15) is 0 Å². The van der Waals surface area contributed by atoms with Gasteiger partial charge < -0.3 is 14.4 Å². The summed E-state index contributed by atoms with van der Waals surface area (Å²) in [6.45, 7) is 6.48. The van der Waals surface area contributed by atoms with Crippen LogP contribution in [0.1, 0.15) is 18.4 Å². The molecule has 0 spiro atoms. The van der Waals surface area contributed by atoms with Gasteiger partial charge in [0.1, 0.15) is 0 Å². The van der Waals surface area contributed by atoms with E-state index < -0.39 is 0 Å². The highest BCUT2D eigenvalue weighted by Gasteiger charge is 2.19. The standard InChI is InChI=1S/C17H25BrN2O2/c1-19(13-16-3-2-8-22-16)12-14-11-15(18)4-5-17(14)20-6-9-21-10-7-20/h4-5,11,16H,2-3,6-10,12-13H2,1H3. The van der Waals surface area contributed by atoms with Crippen LogP contribution < -0.4 is 4.90 Å². The zero-order valence-corrected chi connectivity index (χ0v) is 14.8. The average Bonchev–Trinajstić information content (AvgIpc) is 3.01. The van der Waals surface area contributed by atoms with E-state index in [4.69, 9.17) is 9.47 Å². The maximum absolute atomic E-state index is 5.75. The van der Waals surface area contributed by atoms with E-state index >= 15 is 0 Å². The first-order chi connectivity index (χ1) is 10.7. The smallest absolute Gasteiger partial charge is 0.0702 e. The number of anilines is 1. The quantitative estimate of drug-likeness (QED) is 0.797. The van der Waals surface area contributed by atoms with Gasteiger partial charge in [-0.25, -0.2) is 0 Å². The number of likely N-dealkylation sites (N-methyl/N-ethyl adjacent to an activating group) is 1. The summed E-state index contributed by atoms with van der Waals surface area (Å²) in [5.41, 5.74) is 2.71. The third-order valence-electron chi connectivity index (χ3n) is 4.37. The van der Waals surface area contributed by atoms with E-state index in [9.17, 15) is 0 Å². The van der Waals surface area contributed by atoms with Crippen molar-refractivity contribution in [1.82, 2.24) is 4.90 Å². The number of hydrogen-bond donors (Lipinski definition) is 0. The van der Waals surface area contributed by atoms with Gasteiger partial charge in [-0.15, -0.1) is 0 Å². The normalized spacial score (nSPS) is 22.5. The predicted octanol–water partition coefficient (Wildman–Crippen LogP) is 2.90. The Bertz CT molecular complexity index is 486. The Labute approximate surface area is 141 Å². The first kappa shape index (κ1) is 16.2. The fourth-order valence-electron chi connectivity index (χ4n) is 3.28. The SMILES string of the molecule is CN(Cc1cc(Br)ccc1N1CCOCC1)CC1CCCO1. The molecule has 0 amide bonds. The molecule has 22 heavy (non-hydrogen) atoms. The van der Waals surface area contributed by atoms with Gasteiger partial charge in [0.05, 0.1) is 19.3 Å². The lowest BCUT2D eigenvalue weighted by Crippen LogP contribution is -2.37. The summed E-state index contributed by atoms with van der Waals surface area (Å²) in [7, 11) is 2.19. The maximum atomic E-state index is 5.75. The van der Waals surface area contributed by atoms with E-state index in [0.29, 0.717) is 6.10 Å². The van der Waals surface area contributed by atoms with Gasteiger partial charge in [-0.3, -0.25) is 4.90 Å². The molecule has 0 saturated carbocycles. The Hall–Kier alpha value is -0.620. The van der Waals surface area contributed by atoms with E-state index in [1.54, 1.807) is 0 Å². The van der Waals surface area contributed by atoms with E-state index in [-0.39, 0.29) is 0 Å². The van der Waals surface area contributed by atoms with Crippen LogP contribution in [0.5, 0.6) is 0 Å². The van der Waals surface area contributed by atoms with Crippen molar-refractivity contribution in [3.63, 3.8) is 0 Å². The monoisotopic (exact) mass is 368 g/mol. The van der Waals surface area contributed by atoms with Crippen molar-refractivity contribution in [2.24, 2.45) is 0 Å². The molecule has 4 nitrogen and oxygen atoms in total. The summed E-state index contributed by atoms with van der Waals surface area (Å²) in [4.78, 5) is 4.81. The van der Waals surface area contributed by atoms with Crippen LogP contribution in [0.25, 0.3) is 0 Å². The van der Waals surface area contributed by atoms with Gasteiger partial charge >= 0.3 is 0 Å². The third-order valence-corrected chi connectivity index (χ3v) is 4.87.